The van der Waals surface area contributed by atoms with Crippen LogP contribution < -0.4 is 14.2 Å². The Balaban J connectivity index is 2.31. The van der Waals surface area contributed by atoms with Crippen LogP contribution >= 0.6 is 0 Å². The van der Waals surface area contributed by atoms with Crippen molar-refractivity contribution in [3.63, 3.8) is 0 Å². The molecule has 0 bridgehead atoms. The summed E-state index contributed by atoms with van der Waals surface area (Å²) in [4.78, 5) is 11.5. The van der Waals surface area contributed by atoms with Crippen LogP contribution in [0.15, 0.2) is 12.1 Å². The lowest BCUT2D eigenvalue weighted by Crippen LogP contribution is -2.04. The third kappa shape index (κ3) is 2.45. The molecule has 0 aromatic heterocycles. The molecule has 1 aromatic carbocycles. The molecule has 5 heteroatoms. The highest BCUT2D eigenvalue weighted by molar-refractivity contribution is 5.77. The van der Waals surface area contributed by atoms with Gasteiger partial charge in [0.05, 0.1) is 34.4 Å². The van der Waals surface area contributed by atoms with Crippen LogP contribution in [-0.2, 0) is 9.53 Å². The minimum Gasteiger partial charge on any atom is -0.493 e. The van der Waals surface area contributed by atoms with Crippen molar-refractivity contribution in [3.05, 3.63) is 17.7 Å². The largest absolute Gasteiger partial charge is 0.493 e. The van der Waals surface area contributed by atoms with Gasteiger partial charge in [0.2, 0.25) is 5.75 Å². The van der Waals surface area contributed by atoms with E-state index in [1.54, 1.807) is 21.3 Å². The normalized spacial score (nSPS) is 20.6. The zero-order valence-corrected chi connectivity index (χ0v) is 11.6. The summed E-state index contributed by atoms with van der Waals surface area (Å²) in [5.74, 6) is 1.71. The van der Waals surface area contributed by atoms with Gasteiger partial charge in [0, 0.05) is 0 Å². The van der Waals surface area contributed by atoms with E-state index in [0.717, 1.165) is 12.0 Å². The maximum atomic E-state index is 11.5. The van der Waals surface area contributed by atoms with Gasteiger partial charge in [-0.3, -0.25) is 4.79 Å². The van der Waals surface area contributed by atoms with Crippen LogP contribution in [0.1, 0.15) is 17.9 Å². The zero-order chi connectivity index (χ0) is 14.0. The molecule has 1 aliphatic rings. The van der Waals surface area contributed by atoms with Gasteiger partial charge in [-0.1, -0.05) is 0 Å². The highest BCUT2D eigenvalue weighted by Gasteiger charge is 2.45. The summed E-state index contributed by atoms with van der Waals surface area (Å²) < 4.78 is 20.6. The minimum absolute atomic E-state index is 0.0622. The molecular formula is C14H18O5. The summed E-state index contributed by atoms with van der Waals surface area (Å²) in [5, 5.41) is 0. The number of carbonyl (C=O) groups is 1. The standard InChI is InChI=1S/C14H18O5/c1-16-11-5-8(6-12(17-2)13(11)18-3)9-7-10(9)14(15)19-4/h5-6,9-10H,7H2,1-4H3/t9-,10+/m0/s1. The Morgan fingerprint density at radius 3 is 2.05 bits per heavy atom. The van der Waals surface area contributed by atoms with Crippen LogP contribution in [-0.4, -0.2) is 34.4 Å². The van der Waals surface area contributed by atoms with Crippen molar-refractivity contribution in [2.75, 3.05) is 28.4 Å². The smallest absolute Gasteiger partial charge is 0.309 e. The summed E-state index contributed by atoms with van der Waals surface area (Å²) >= 11 is 0. The SMILES string of the molecule is COC(=O)[C@@H]1C[C@H]1c1cc(OC)c(OC)c(OC)c1. The Labute approximate surface area is 112 Å². The molecule has 19 heavy (non-hydrogen) atoms. The van der Waals surface area contributed by atoms with Gasteiger partial charge in [0.15, 0.2) is 11.5 Å². The zero-order valence-electron chi connectivity index (χ0n) is 11.6. The van der Waals surface area contributed by atoms with Gasteiger partial charge in [-0.2, -0.15) is 0 Å². The molecular weight excluding hydrogens is 248 g/mol. The number of carbonyl (C=O) groups excluding carboxylic acids is 1. The number of benzene rings is 1. The number of ether oxygens (including phenoxy) is 4. The molecule has 1 aromatic rings. The van der Waals surface area contributed by atoms with Crippen molar-refractivity contribution in [2.45, 2.75) is 12.3 Å². The second-order valence-electron chi connectivity index (χ2n) is 4.43. The highest BCUT2D eigenvalue weighted by Crippen LogP contribution is 2.51. The maximum absolute atomic E-state index is 11.5. The first kappa shape index (κ1) is 13.5. The third-order valence-corrected chi connectivity index (χ3v) is 3.41. The fourth-order valence-electron chi connectivity index (χ4n) is 2.29. The van der Waals surface area contributed by atoms with E-state index in [0.29, 0.717) is 17.2 Å². The highest BCUT2D eigenvalue weighted by atomic mass is 16.5. The van der Waals surface area contributed by atoms with Crippen LogP contribution in [0.5, 0.6) is 17.2 Å². The molecule has 104 valence electrons. The first-order valence-corrected chi connectivity index (χ1v) is 6.04. The van der Waals surface area contributed by atoms with E-state index in [-0.39, 0.29) is 17.8 Å². The van der Waals surface area contributed by atoms with Gasteiger partial charge in [-0.05, 0) is 30.0 Å². The predicted molar refractivity (Wildman–Crippen MR) is 69.0 cm³/mol. The maximum Gasteiger partial charge on any atom is 0.309 e. The lowest BCUT2D eigenvalue weighted by molar-refractivity contribution is -0.142. The number of methoxy groups -OCH3 is 4. The Morgan fingerprint density at radius 1 is 1.05 bits per heavy atom. The van der Waals surface area contributed by atoms with Gasteiger partial charge in [0.25, 0.3) is 0 Å². The number of hydrogen-bond acceptors (Lipinski definition) is 5. The van der Waals surface area contributed by atoms with E-state index in [1.807, 2.05) is 12.1 Å². The van der Waals surface area contributed by atoms with Crippen LogP contribution in [0, 0.1) is 5.92 Å². The topological polar surface area (TPSA) is 54.0 Å². The molecule has 0 saturated heterocycles. The molecule has 0 heterocycles. The van der Waals surface area contributed by atoms with Crippen LogP contribution in [0.25, 0.3) is 0 Å². The fourth-order valence-corrected chi connectivity index (χ4v) is 2.29. The van der Waals surface area contributed by atoms with Gasteiger partial charge < -0.3 is 18.9 Å². The predicted octanol–water partition coefficient (Wildman–Crippen LogP) is 1.99. The van der Waals surface area contributed by atoms with Crippen LogP contribution in [0.2, 0.25) is 0 Å². The Morgan fingerprint density at radius 2 is 1.63 bits per heavy atom. The molecule has 2 atom stereocenters. The summed E-state index contributed by atoms with van der Waals surface area (Å²) in [6, 6.07) is 3.77. The molecule has 1 fully saturated rings. The second kappa shape index (κ2) is 5.38. The van der Waals surface area contributed by atoms with Crippen molar-refractivity contribution in [3.8, 4) is 17.2 Å². The van der Waals surface area contributed by atoms with Gasteiger partial charge in [-0.25, -0.2) is 0 Å². The van der Waals surface area contributed by atoms with E-state index < -0.39 is 0 Å². The van der Waals surface area contributed by atoms with E-state index in [9.17, 15) is 4.79 Å². The average molecular weight is 266 g/mol. The van der Waals surface area contributed by atoms with Crippen molar-refractivity contribution >= 4 is 5.97 Å². The molecule has 0 unspecified atom stereocenters. The quantitative estimate of drug-likeness (QED) is 0.763. The van der Waals surface area contributed by atoms with Gasteiger partial charge in [0.1, 0.15) is 0 Å². The first-order chi connectivity index (χ1) is 9.15. The number of hydrogen-bond donors (Lipinski definition) is 0. The van der Waals surface area contributed by atoms with Crippen molar-refractivity contribution in [1.29, 1.82) is 0 Å². The lowest BCUT2D eigenvalue weighted by Gasteiger charge is -2.14. The second-order valence-corrected chi connectivity index (χ2v) is 4.43. The molecule has 0 radical (unpaired) electrons. The van der Waals surface area contributed by atoms with E-state index in [2.05, 4.69) is 0 Å². The lowest BCUT2D eigenvalue weighted by atomic mass is 10.1. The molecule has 0 spiro atoms. The summed E-state index contributed by atoms with van der Waals surface area (Å²) in [5.41, 5.74) is 1.00. The summed E-state index contributed by atoms with van der Waals surface area (Å²) in [6.45, 7) is 0. The monoisotopic (exact) mass is 266 g/mol. The molecule has 1 aliphatic carbocycles. The van der Waals surface area contributed by atoms with Crippen molar-refractivity contribution < 1.29 is 23.7 Å². The van der Waals surface area contributed by atoms with Crippen molar-refractivity contribution in [1.82, 2.24) is 0 Å². The average Bonchev–Trinajstić information content (AvgIpc) is 3.25. The summed E-state index contributed by atoms with van der Waals surface area (Å²) in [7, 11) is 6.12. The molecule has 0 N–H and O–H groups in total. The van der Waals surface area contributed by atoms with E-state index >= 15 is 0 Å². The van der Waals surface area contributed by atoms with Crippen LogP contribution in [0.3, 0.4) is 0 Å². The number of rotatable bonds is 5. The number of esters is 1. The Kier molecular flexibility index (Phi) is 3.83. The molecule has 1 saturated carbocycles. The van der Waals surface area contributed by atoms with Gasteiger partial charge >= 0.3 is 5.97 Å². The summed E-state index contributed by atoms with van der Waals surface area (Å²) in [6.07, 6.45) is 0.797. The third-order valence-electron chi connectivity index (χ3n) is 3.41. The molecule has 2 rings (SSSR count). The van der Waals surface area contributed by atoms with Crippen LogP contribution in [0.4, 0.5) is 0 Å². The minimum atomic E-state index is -0.168. The molecule has 0 aliphatic heterocycles. The van der Waals surface area contributed by atoms with E-state index in [1.165, 1.54) is 7.11 Å². The Bertz CT molecular complexity index is 458. The molecule has 5 nitrogen and oxygen atoms in total. The Hall–Kier alpha value is -1.91. The first-order valence-electron chi connectivity index (χ1n) is 6.04. The van der Waals surface area contributed by atoms with Gasteiger partial charge in [-0.15, -0.1) is 0 Å². The fraction of sp³-hybridized carbons (Fsp3) is 0.500. The van der Waals surface area contributed by atoms with Crippen molar-refractivity contribution in [2.24, 2.45) is 5.92 Å². The van der Waals surface area contributed by atoms with E-state index in [4.69, 9.17) is 18.9 Å². The molecule has 0 amide bonds.